The Bertz CT molecular complexity index is 2550. The van der Waals surface area contributed by atoms with Crippen molar-refractivity contribution in [2.75, 3.05) is 0 Å². The summed E-state index contributed by atoms with van der Waals surface area (Å²) in [6.07, 6.45) is 0. The summed E-state index contributed by atoms with van der Waals surface area (Å²) >= 11 is 0. The van der Waals surface area contributed by atoms with Gasteiger partial charge in [-0.3, -0.25) is 0 Å². The molecule has 0 heteroatoms. The molecule has 0 amide bonds. The van der Waals surface area contributed by atoms with Crippen molar-refractivity contribution in [3.63, 3.8) is 0 Å². The Kier molecular flexibility index (Phi) is 6.25. The standard InChI is InChI=1S/C46H30/c1-3-14-32(15-4-1)38-28-26-33-17-8-10-22-37(33)45(38)35-27-29-42-43(30-35)46(39-25-13-20-31-16-7-9-21-36(31)39)41-24-12-11-23-40(41)44(42)34-18-5-2-6-19-34/h1-30H. The molecule has 0 saturated carbocycles. The fourth-order valence-electron chi connectivity index (χ4n) is 7.42. The lowest BCUT2D eigenvalue weighted by Gasteiger charge is -2.20. The molecule has 0 nitrogen and oxygen atoms in total. The van der Waals surface area contributed by atoms with E-state index in [1.807, 2.05) is 0 Å². The van der Waals surface area contributed by atoms with E-state index >= 15 is 0 Å². The van der Waals surface area contributed by atoms with Gasteiger partial charge in [-0.15, -0.1) is 0 Å². The zero-order valence-electron chi connectivity index (χ0n) is 25.3. The molecule has 0 atom stereocenters. The van der Waals surface area contributed by atoms with E-state index in [-0.39, 0.29) is 0 Å². The topological polar surface area (TPSA) is 0 Å². The summed E-state index contributed by atoms with van der Waals surface area (Å²) in [5.74, 6) is 0. The largest absolute Gasteiger partial charge is 0.0622 e. The van der Waals surface area contributed by atoms with Crippen LogP contribution < -0.4 is 0 Å². The van der Waals surface area contributed by atoms with Crippen LogP contribution >= 0.6 is 0 Å². The summed E-state index contributed by atoms with van der Waals surface area (Å²) < 4.78 is 0. The minimum absolute atomic E-state index is 1.22. The van der Waals surface area contributed by atoms with Crippen molar-refractivity contribution < 1.29 is 0 Å². The van der Waals surface area contributed by atoms with E-state index in [1.54, 1.807) is 0 Å². The molecular formula is C46H30. The maximum atomic E-state index is 2.46. The molecule has 0 spiro atoms. The van der Waals surface area contributed by atoms with Crippen molar-refractivity contribution in [1.29, 1.82) is 0 Å². The highest BCUT2D eigenvalue weighted by Crippen LogP contribution is 2.47. The number of benzene rings is 9. The van der Waals surface area contributed by atoms with Crippen molar-refractivity contribution in [3.05, 3.63) is 182 Å². The molecule has 0 aliphatic rings. The number of hydrogen-bond acceptors (Lipinski definition) is 0. The molecule has 0 N–H and O–H groups in total. The quantitative estimate of drug-likeness (QED) is 0.181. The van der Waals surface area contributed by atoms with Crippen molar-refractivity contribution in [2.24, 2.45) is 0 Å². The smallest absolute Gasteiger partial charge is 0.00199 e. The zero-order valence-corrected chi connectivity index (χ0v) is 25.3. The fourth-order valence-corrected chi connectivity index (χ4v) is 7.42. The minimum Gasteiger partial charge on any atom is -0.0622 e. The van der Waals surface area contributed by atoms with Gasteiger partial charge in [-0.05, 0) is 93.7 Å². The maximum Gasteiger partial charge on any atom is -0.00199 e. The van der Waals surface area contributed by atoms with E-state index in [2.05, 4.69) is 182 Å². The molecule has 9 rings (SSSR count). The molecule has 9 aromatic rings. The maximum absolute atomic E-state index is 2.46. The summed E-state index contributed by atoms with van der Waals surface area (Å²) in [5.41, 5.74) is 10.0. The molecule has 0 aliphatic heterocycles. The van der Waals surface area contributed by atoms with Crippen molar-refractivity contribution in [3.8, 4) is 44.5 Å². The molecule has 214 valence electrons. The van der Waals surface area contributed by atoms with Gasteiger partial charge < -0.3 is 0 Å². The third-order valence-electron chi connectivity index (χ3n) is 9.45. The molecule has 0 aliphatic carbocycles. The van der Waals surface area contributed by atoms with Crippen LogP contribution in [0.3, 0.4) is 0 Å². The van der Waals surface area contributed by atoms with Gasteiger partial charge in [-0.1, -0.05) is 176 Å². The first kappa shape index (κ1) is 26.4. The summed E-state index contributed by atoms with van der Waals surface area (Å²) in [5, 5.41) is 10.1. The van der Waals surface area contributed by atoms with Gasteiger partial charge in [0.1, 0.15) is 0 Å². The Morgan fingerprint density at radius 2 is 0.761 bits per heavy atom. The van der Waals surface area contributed by atoms with Gasteiger partial charge in [0.25, 0.3) is 0 Å². The first-order valence-electron chi connectivity index (χ1n) is 15.9. The molecule has 0 unspecified atom stereocenters. The monoisotopic (exact) mass is 582 g/mol. The van der Waals surface area contributed by atoms with Gasteiger partial charge in [-0.25, -0.2) is 0 Å². The van der Waals surface area contributed by atoms with Crippen molar-refractivity contribution in [2.45, 2.75) is 0 Å². The highest BCUT2D eigenvalue weighted by Gasteiger charge is 2.20. The molecule has 0 fully saturated rings. The van der Waals surface area contributed by atoms with Crippen LogP contribution in [0.15, 0.2) is 182 Å². The molecular weight excluding hydrogens is 553 g/mol. The van der Waals surface area contributed by atoms with Crippen LogP contribution in [0.25, 0.3) is 87.6 Å². The molecule has 9 aromatic carbocycles. The van der Waals surface area contributed by atoms with Crippen LogP contribution in [-0.2, 0) is 0 Å². The van der Waals surface area contributed by atoms with Gasteiger partial charge in [0.15, 0.2) is 0 Å². The van der Waals surface area contributed by atoms with Gasteiger partial charge in [0, 0.05) is 0 Å². The van der Waals surface area contributed by atoms with Crippen LogP contribution in [0.4, 0.5) is 0 Å². The van der Waals surface area contributed by atoms with Gasteiger partial charge in [0.2, 0.25) is 0 Å². The van der Waals surface area contributed by atoms with Gasteiger partial charge >= 0.3 is 0 Å². The fraction of sp³-hybridized carbons (Fsp3) is 0. The van der Waals surface area contributed by atoms with E-state index in [4.69, 9.17) is 0 Å². The Balaban J connectivity index is 1.46. The van der Waals surface area contributed by atoms with E-state index in [9.17, 15) is 0 Å². The Labute approximate surface area is 268 Å². The first-order chi connectivity index (χ1) is 22.8. The molecule has 0 aromatic heterocycles. The van der Waals surface area contributed by atoms with E-state index in [0.717, 1.165) is 0 Å². The van der Waals surface area contributed by atoms with Crippen molar-refractivity contribution >= 4 is 43.1 Å². The third-order valence-corrected chi connectivity index (χ3v) is 9.45. The summed E-state index contributed by atoms with van der Waals surface area (Å²) in [6, 6.07) is 66.6. The lowest BCUT2D eigenvalue weighted by Crippen LogP contribution is -1.93. The third kappa shape index (κ3) is 4.23. The van der Waals surface area contributed by atoms with Gasteiger partial charge in [-0.2, -0.15) is 0 Å². The predicted octanol–water partition coefficient (Wildman–Crippen LogP) is 13.0. The second kappa shape index (κ2) is 10.9. The normalized spacial score (nSPS) is 11.5. The summed E-state index contributed by atoms with van der Waals surface area (Å²) in [6.45, 7) is 0. The predicted molar refractivity (Wildman–Crippen MR) is 198 cm³/mol. The average molecular weight is 583 g/mol. The molecule has 0 radical (unpaired) electrons. The summed E-state index contributed by atoms with van der Waals surface area (Å²) in [7, 11) is 0. The van der Waals surface area contributed by atoms with Crippen LogP contribution in [-0.4, -0.2) is 0 Å². The summed E-state index contributed by atoms with van der Waals surface area (Å²) in [4.78, 5) is 0. The SMILES string of the molecule is c1ccc(-c2ccc3ccccc3c2-c2ccc3c(-c4ccccc4)c4ccccc4c(-c4cccc5ccccc45)c3c2)cc1. The molecule has 46 heavy (non-hydrogen) atoms. The van der Waals surface area contributed by atoms with E-state index < -0.39 is 0 Å². The number of hydrogen-bond donors (Lipinski definition) is 0. The molecule has 0 heterocycles. The molecule has 0 bridgehead atoms. The second-order valence-electron chi connectivity index (χ2n) is 12.0. The lowest BCUT2D eigenvalue weighted by molar-refractivity contribution is 1.62. The lowest BCUT2D eigenvalue weighted by atomic mass is 9.82. The first-order valence-corrected chi connectivity index (χ1v) is 15.9. The Hall–Kier alpha value is -5.98. The average Bonchev–Trinajstić information content (AvgIpc) is 3.13. The van der Waals surface area contributed by atoms with Crippen LogP contribution in [0.5, 0.6) is 0 Å². The van der Waals surface area contributed by atoms with Crippen LogP contribution in [0, 0.1) is 0 Å². The Morgan fingerprint density at radius 3 is 1.50 bits per heavy atom. The number of fused-ring (bicyclic) bond motifs is 4. The minimum atomic E-state index is 1.22. The Morgan fingerprint density at radius 1 is 0.217 bits per heavy atom. The zero-order chi connectivity index (χ0) is 30.5. The van der Waals surface area contributed by atoms with Gasteiger partial charge in [0.05, 0.1) is 0 Å². The highest BCUT2D eigenvalue weighted by molar-refractivity contribution is 6.24. The van der Waals surface area contributed by atoms with E-state index in [1.165, 1.54) is 87.6 Å². The molecule has 0 saturated heterocycles. The van der Waals surface area contributed by atoms with Crippen LogP contribution in [0.2, 0.25) is 0 Å². The van der Waals surface area contributed by atoms with Crippen molar-refractivity contribution in [1.82, 2.24) is 0 Å². The van der Waals surface area contributed by atoms with E-state index in [0.29, 0.717) is 0 Å². The second-order valence-corrected chi connectivity index (χ2v) is 12.0. The highest BCUT2D eigenvalue weighted by atomic mass is 14.2. The number of rotatable bonds is 4. The van der Waals surface area contributed by atoms with Crippen LogP contribution in [0.1, 0.15) is 0 Å².